The van der Waals surface area contributed by atoms with Crippen molar-refractivity contribution in [3.63, 3.8) is 0 Å². The molecule has 1 amide bonds. The maximum absolute atomic E-state index is 12.9. The van der Waals surface area contributed by atoms with Crippen LogP contribution < -0.4 is 4.90 Å². The Labute approximate surface area is 202 Å². The Balaban J connectivity index is 1.63. The van der Waals surface area contributed by atoms with Crippen LogP contribution >= 0.6 is 15.9 Å². The monoisotopic (exact) mass is 512 g/mol. The molecule has 0 unspecified atom stereocenters. The lowest BCUT2D eigenvalue weighted by atomic mass is 10.1. The van der Waals surface area contributed by atoms with Crippen molar-refractivity contribution in [3.8, 4) is 0 Å². The molecule has 0 radical (unpaired) electrons. The van der Waals surface area contributed by atoms with Gasteiger partial charge in [-0.25, -0.2) is 14.8 Å². The molecular weight excluding hydrogens is 484 g/mol. The third-order valence-electron chi connectivity index (χ3n) is 5.31. The van der Waals surface area contributed by atoms with Crippen LogP contribution in [0.15, 0.2) is 59.2 Å². The van der Waals surface area contributed by atoms with E-state index in [1.807, 2.05) is 63.4 Å². The summed E-state index contributed by atoms with van der Waals surface area (Å²) in [6.45, 7) is 8.19. The Kier molecular flexibility index (Phi) is 7.14. The fourth-order valence-electron chi connectivity index (χ4n) is 3.79. The van der Waals surface area contributed by atoms with Gasteiger partial charge in [0.15, 0.2) is 0 Å². The van der Waals surface area contributed by atoms with Gasteiger partial charge in [0.25, 0.3) is 0 Å². The summed E-state index contributed by atoms with van der Waals surface area (Å²) < 4.78 is 12.4. The Morgan fingerprint density at radius 1 is 1.24 bits per heavy atom. The topological polar surface area (TPSA) is 67.8 Å². The van der Waals surface area contributed by atoms with Crippen LogP contribution in [0.2, 0.25) is 0 Å². The molecule has 7 nitrogen and oxygen atoms in total. The number of carbonyl (C=O) groups is 1. The van der Waals surface area contributed by atoms with Crippen LogP contribution in [0.4, 0.5) is 10.7 Å². The second kappa shape index (κ2) is 10.1. The van der Waals surface area contributed by atoms with Crippen molar-refractivity contribution in [2.24, 2.45) is 0 Å². The minimum absolute atomic E-state index is 0.179. The molecule has 33 heavy (non-hydrogen) atoms. The number of nitrogens with zero attached hydrogens (tertiary/aromatic N) is 4. The van der Waals surface area contributed by atoms with Crippen LogP contribution in [0.25, 0.3) is 10.9 Å². The zero-order valence-corrected chi connectivity index (χ0v) is 20.8. The molecule has 0 aliphatic carbocycles. The number of carbonyl (C=O) groups excluding carboxylic acids is 1. The van der Waals surface area contributed by atoms with Crippen LogP contribution in [-0.2, 0) is 16.0 Å². The second-order valence-electron chi connectivity index (χ2n) is 9.14. The number of halogens is 1. The van der Waals surface area contributed by atoms with Gasteiger partial charge in [-0.05, 0) is 44.5 Å². The van der Waals surface area contributed by atoms with E-state index in [9.17, 15) is 4.79 Å². The van der Waals surface area contributed by atoms with E-state index in [0.29, 0.717) is 38.8 Å². The van der Waals surface area contributed by atoms with E-state index in [1.54, 1.807) is 4.90 Å². The van der Waals surface area contributed by atoms with Gasteiger partial charge in [-0.2, -0.15) is 0 Å². The third-order valence-corrected chi connectivity index (χ3v) is 5.81. The summed E-state index contributed by atoms with van der Waals surface area (Å²) >= 11 is 3.50. The highest BCUT2D eigenvalue weighted by Crippen LogP contribution is 2.23. The smallest absolute Gasteiger partial charge is 0.410 e. The highest BCUT2D eigenvalue weighted by molar-refractivity contribution is 9.10. The largest absolute Gasteiger partial charge is 0.444 e. The predicted molar refractivity (Wildman–Crippen MR) is 132 cm³/mol. The summed E-state index contributed by atoms with van der Waals surface area (Å²) in [6.07, 6.45) is 1.52. The Morgan fingerprint density at radius 2 is 2.03 bits per heavy atom. The number of ether oxygens (including phenoxy) is 2. The molecule has 4 rings (SSSR count). The van der Waals surface area contributed by atoms with Crippen LogP contribution in [-0.4, -0.2) is 58.9 Å². The third kappa shape index (κ3) is 6.21. The van der Waals surface area contributed by atoms with Crippen LogP contribution in [0.1, 0.15) is 26.3 Å². The van der Waals surface area contributed by atoms with Gasteiger partial charge < -0.3 is 14.4 Å². The lowest BCUT2D eigenvalue weighted by molar-refractivity contribution is -0.0304. The van der Waals surface area contributed by atoms with Crippen molar-refractivity contribution in [3.05, 3.63) is 64.8 Å². The molecule has 1 aromatic heterocycles. The minimum atomic E-state index is -0.556. The fraction of sp³-hybridized carbons (Fsp3) is 0.400. The van der Waals surface area contributed by atoms with E-state index >= 15 is 0 Å². The first-order chi connectivity index (χ1) is 15.8. The number of hydrogen-bond donors (Lipinski definition) is 0. The van der Waals surface area contributed by atoms with Crippen LogP contribution in [0.3, 0.4) is 0 Å². The number of morpholine rings is 1. The number of amides is 1. The van der Waals surface area contributed by atoms with Crippen molar-refractivity contribution < 1.29 is 14.3 Å². The molecule has 1 aliphatic heterocycles. The SMILES string of the molecule is CC(C)(C)OC(=O)N1CCOC[C@H]1CN(Cc1ccccc1)c1ncc2cc(Br)ccc2n1. The Bertz CT molecular complexity index is 1100. The highest BCUT2D eigenvalue weighted by atomic mass is 79.9. The summed E-state index contributed by atoms with van der Waals surface area (Å²) in [5.74, 6) is 0.614. The first-order valence-corrected chi connectivity index (χ1v) is 11.9. The number of hydrogen-bond acceptors (Lipinski definition) is 6. The molecular formula is C25H29BrN4O3. The molecule has 0 spiro atoms. The molecule has 8 heteroatoms. The van der Waals surface area contributed by atoms with Gasteiger partial charge >= 0.3 is 6.09 Å². The zero-order valence-electron chi connectivity index (χ0n) is 19.2. The molecule has 3 aromatic rings. The highest BCUT2D eigenvalue weighted by Gasteiger charge is 2.33. The predicted octanol–water partition coefficient (Wildman–Crippen LogP) is 5.03. The number of anilines is 1. The quantitative estimate of drug-likeness (QED) is 0.477. The van der Waals surface area contributed by atoms with E-state index in [-0.39, 0.29) is 12.1 Å². The summed E-state index contributed by atoms with van der Waals surface area (Å²) in [5.41, 5.74) is 1.45. The second-order valence-corrected chi connectivity index (χ2v) is 10.1. The summed E-state index contributed by atoms with van der Waals surface area (Å²) in [7, 11) is 0. The van der Waals surface area contributed by atoms with E-state index in [4.69, 9.17) is 14.5 Å². The maximum atomic E-state index is 12.9. The van der Waals surface area contributed by atoms with Gasteiger partial charge in [0.1, 0.15) is 5.60 Å². The minimum Gasteiger partial charge on any atom is -0.444 e. The maximum Gasteiger partial charge on any atom is 0.410 e. The van der Waals surface area contributed by atoms with Gasteiger partial charge in [0, 0.05) is 35.7 Å². The first-order valence-electron chi connectivity index (χ1n) is 11.1. The lowest BCUT2D eigenvalue weighted by Crippen LogP contribution is -2.54. The molecule has 174 valence electrons. The first kappa shape index (κ1) is 23.4. The lowest BCUT2D eigenvalue weighted by Gasteiger charge is -2.39. The number of aromatic nitrogens is 2. The van der Waals surface area contributed by atoms with Crippen molar-refractivity contribution in [1.82, 2.24) is 14.9 Å². The van der Waals surface area contributed by atoms with Crippen LogP contribution in [0.5, 0.6) is 0 Å². The van der Waals surface area contributed by atoms with E-state index < -0.39 is 5.60 Å². The van der Waals surface area contributed by atoms with Crippen molar-refractivity contribution in [2.45, 2.75) is 39.0 Å². The average Bonchev–Trinajstić information content (AvgIpc) is 2.78. The van der Waals surface area contributed by atoms with Gasteiger partial charge in [0.05, 0.1) is 24.8 Å². The average molecular weight is 513 g/mol. The van der Waals surface area contributed by atoms with Gasteiger partial charge in [-0.15, -0.1) is 0 Å². The van der Waals surface area contributed by atoms with Crippen molar-refractivity contribution in [2.75, 3.05) is 31.2 Å². The molecule has 1 aliphatic rings. The van der Waals surface area contributed by atoms with Gasteiger partial charge in [-0.1, -0.05) is 46.3 Å². The molecule has 1 fully saturated rings. The molecule has 1 saturated heterocycles. The summed E-state index contributed by atoms with van der Waals surface area (Å²) in [6, 6.07) is 16.0. The van der Waals surface area contributed by atoms with E-state index in [2.05, 4.69) is 37.9 Å². The molecule has 1 atom stereocenters. The van der Waals surface area contributed by atoms with E-state index in [0.717, 1.165) is 20.9 Å². The summed E-state index contributed by atoms with van der Waals surface area (Å²) in [4.78, 5) is 26.3. The van der Waals surface area contributed by atoms with Crippen molar-refractivity contribution >= 4 is 38.9 Å². The van der Waals surface area contributed by atoms with Gasteiger partial charge in [0.2, 0.25) is 5.95 Å². The van der Waals surface area contributed by atoms with Crippen LogP contribution in [0, 0.1) is 0 Å². The standard InChI is InChI=1S/C25H29BrN4O3/c1-25(2,3)33-24(31)30-11-12-32-17-21(30)16-29(15-18-7-5-4-6-8-18)23-27-14-19-13-20(26)9-10-22(19)28-23/h4-10,13-14,21H,11-12,15-17H2,1-3H3/t21-/m1/s1. The van der Waals surface area contributed by atoms with Crippen molar-refractivity contribution in [1.29, 1.82) is 0 Å². The molecule has 0 saturated carbocycles. The molecule has 2 aromatic carbocycles. The number of fused-ring (bicyclic) bond motifs is 1. The fourth-order valence-corrected chi connectivity index (χ4v) is 4.17. The number of rotatable bonds is 5. The summed E-state index contributed by atoms with van der Waals surface area (Å²) in [5, 5.41) is 0.962. The normalized spacial score (nSPS) is 16.6. The van der Waals surface area contributed by atoms with E-state index in [1.165, 1.54) is 0 Å². The zero-order chi connectivity index (χ0) is 23.4. The molecule has 0 bridgehead atoms. The number of benzene rings is 2. The molecule has 0 N–H and O–H groups in total. The molecule has 2 heterocycles. The Morgan fingerprint density at radius 3 is 2.79 bits per heavy atom. The Hall–Kier alpha value is -2.71. The van der Waals surface area contributed by atoms with Gasteiger partial charge in [-0.3, -0.25) is 4.90 Å².